The van der Waals surface area contributed by atoms with Crippen LogP contribution in [0.2, 0.25) is 5.02 Å². The first-order valence-corrected chi connectivity index (χ1v) is 7.76. The molecule has 0 aliphatic carbocycles. The molecule has 0 saturated heterocycles. The van der Waals surface area contributed by atoms with Crippen LogP contribution < -0.4 is 4.74 Å². The number of aromatic nitrogens is 3. The quantitative estimate of drug-likeness (QED) is 0.689. The predicted octanol–water partition coefficient (Wildman–Crippen LogP) is 3.96. The molecule has 0 aliphatic rings. The van der Waals surface area contributed by atoms with Crippen LogP contribution in [0.15, 0.2) is 30.6 Å². The average molecular weight is 363 g/mol. The molecule has 0 atom stereocenters. The van der Waals surface area contributed by atoms with Crippen LogP contribution in [0.1, 0.15) is 11.1 Å². The molecule has 5 nitrogen and oxygen atoms in total. The predicted molar refractivity (Wildman–Crippen MR) is 89.5 cm³/mol. The van der Waals surface area contributed by atoms with E-state index in [4.69, 9.17) is 21.6 Å². The summed E-state index contributed by atoms with van der Waals surface area (Å²) < 4.78 is 32.1. The Hall–Kier alpha value is -2.72. The van der Waals surface area contributed by atoms with Crippen LogP contribution in [0.4, 0.5) is 8.78 Å². The summed E-state index contributed by atoms with van der Waals surface area (Å²) in [7, 11) is 1.37. The minimum Gasteiger partial charge on any atom is -0.481 e. The number of fused-ring (bicyclic) bond motifs is 1. The minimum absolute atomic E-state index is 0.0935. The zero-order valence-corrected chi connectivity index (χ0v) is 14.0. The van der Waals surface area contributed by atoms with Crippen molar-refractivity contribution in [1.82, 2.24) is 14.5 Å². The first-order chi connectivity index (χ1) is 12.0. The number of nitrogens with zero attached hydrogens (tertiary/aromatic N) is 4. The molecule has 8 heteroatoms. The number of halogens is 3. The fraction of sp³-hybridized carbons (Fsp3) is 0.235. The zero-order valence-electron chi connectivity index (χ0n) is 13.2. The Balaban J connectivity index is 2.17. The SMILES string of the molecule is COc1nc(-n2ccc3ccc(Cl)c(CC#N)c32)ncc1CC(F)F. The Morgan fingerprint density at radius 1 is 1.36 bits per heavy atom. The van der Waals surface area contributed by atoms with Gasteiger partial charge in [0, 0.05) is 40.4 Å². The summed E-state index contributed by atoms with van der Waals surface area (Å²) in [6.45, 7) is 0. The van der Waals surface area contributed by atoms with E-state index in [0.29, 0.717) is 16.1 Å². The van der Waals surface area contributed by atoms with Crippen LogP contribution in [-0.4, -0.2) is 28.1 Å². The Labute approximate surface area is 147 Å². The number of hydrogen-bond donors (Lipinski definition) is 0. The number of methoxy groups -OCH3 is 1. The van der Waals surface area contributed by atoms with Crippen molar-refractivity contribution in [3.05, 3.63) is 46.7 Å². The molecule has 1 aromatic carbocycles. The van der Waals surface area contributed by atoms with E-state index in [1.807, 2.05) is 12.1 Å². The topological polar surface area (TPSA) is 63.7 Å². The van der Waals surface area contributed by atoms with Crippen molar-refractivity contribution in [2.45, 2.75) is 19.3 Å². The van der Waals surface area contributed by atoms with Gasteiger partial charge in [0.25, 0.3) is 0 Å². The summed E-state index contributed by atoms with van der Waals surface area (Å²) in [6, 6.07) is 7.50. The highest BCUT2D eigenvalue weighted by molar-refractivity contribution is 6.32. The van der Waals surface area contributed by atoms with Crippen molar-refractivity contribution in [2.75, 3.05) is 7.11 Å². The van der Waals surface area contributed by atoms with Crippen LogP contribution in [0.5, 0.6) is 5.88 Å². The van der Waals surface area contributed by atoms with Gasteiger partial charge in [0.2, 0.25) is 18.3 Å². The molecule has 3 rings (SSSR count). The fourth-order valence-corrected chi connectivity index (χ4v) is 2.89. The summed E-state index contributed by atoms with van der Waals surface area (Å²) in [5, 5.41) is 10.4. The second kappa shape index (κ2) is 7.03. The minimum atomic E-state index is -2.52. The molecule has 25 heavy (non-hydrogen) atoms. The van der Waals surface area contributed by atoms with Crippen LogP contribution >= 0.6 is 11.6 Å². The van der Waals surface area contributed by atoms with Crippen molar-refractivity contribution in [1.29, 1.82) is 5.26 Å². The lowest BCUT2D eigenvalue weighted by atomic mass is 10.1. The van der Waals surface area contributed by atoms with Crippen LogP contribution in [0, 0.1) is 11.3 Å². The molecule has 2 aromatic heterocycles. The highest BCUT2D eigenvalue weighted by Crippen LogP contribution is 2.29. The van der Waals surface area contributed by atoms with E-state index in [1.165, 1.54) is 13.3 Å². The summed E-state index contributed by atoms with van der Waals surface area (Å²) in [4.78, 5) is 8.41. The second-order valence-corrected chi connectivity index (χ2v) is 5.69. The number of benzene rings is 1. The first-order valence-electron chi connectivity index (χ1n) is 7.39. The summed E-state index contributed by atoms with van der Waals surface area (Å²) in [5.74, 6) is 0.349. The van der Waals surface area contributed by atoms with Gasteiger partial charge in [-0.05, 0) is 12.1 Å². The summed E-state index contributed by atoms with van der Waals surface area (Å²) in [6.07, 6.45) is 0.191. The molecule has 0 unspecified atom stereocenters. The van der Waals surface area contributed by atoms with Gasteiger partial charge < -0.3 is 4.74 Å². The fourth-order valence-electron chi connectivity index (χ4n) is 2.67. The van der Waals surface area contributed by atoms with E-state index in [2.05, 4.69) is 16.0 Å². The molecule has 0 saturated carbocycles. The molecule has 0 radical (unpaired) electrons. The molecule has 0 spiro atoms. The maximum absolute atomic E-state index is 12.6. The average Bonchev–Trinajstić information content (AvgIpc) is 3.01. The Bertz CT molecular complexity index is 965. The van der Waals surface area contributed by atoms with Gasteiger partial charge >= 0.3 is 0 Å². The molecule has 0 amide bonds. The van der Waals surface area contributed by atoms with Crippen molar-refractivity contribution in [2.24, 2.45) is 0 Å². The van der Waals surface area contributed by atoms with Gasteiger partial charge in [0.15, 0.2) is 0 Å². The van der Waals surface area contributed by atoms with Gasteiger partial charge in [-0.25, -0.2) is 13.8 Å². The lowest BCUT2D eigenvalue weighted by Gasteiger charge is -2.11. The van der Waals surface area contributed by atoms with Gasteiger partial charge in [-0.2, -0.15) is 10.2 Å². The lowest BCUT2D eigenvalue weighted by Crippen LogP contribution is -2.07. The van der Waals surface area contributed by atoms with Gasteiger partial charge in [-0.1, -0.05) is 17.7 Å². The number of nitriles is 1. The summed E-state index contributed by atoms with van der Waals surface area (Å²) in [5.41, 5.74) is 1.59. The van der Waals surface area contributed by atoms with Crippen molar-refractivity contribution in [3.63, 3.8) is 0 Å². The Morgan fingerprint density at radius 3 is 2.84 bits per heavy atom. The highest BCUT2D eigenvalue weighted by Gasteiger charge is 2.17. The molecular weight excluding hydrogens is 350 g/mol. The van der Waals surface area contributed by atoms with E-state index in [0.717, 1.165) is 5.39 Å². The maximum Gasteiger partial charge on any atom is 0.242 e. The van der Waals surface area contributed by atoms with Crippen molar-refractivity contribution >= 4 is 22.5 Å². The molecule has 0 N–H and O–H groups in total. The molecule has 3 aromatic rings. The third kappa shape index (κ3) is 3.26. The molecule has 0 aliphatic heterocycles. The molecule has 2 heterocycles. The smallest absolute Gasteiger partial charge is 0.242 e. The van der Waals surface area contributed by atoms with Gasteiger partial charge in [0.1, 0.15) is 0 Å². The van der Waals surface area contributed by atoms with Crippen LogP contribution in [-0.2, 0) is 12.8 Å². The normalized spacial score (nSPS) is 11.0. The molecule has 0 fully saturated rings. The molecule has 128 valence electrons. The number of ether oxygens (including phenoxy) is 1. The summed E-state index contributed by atoms with van der Waals surface area (Å²) >= 11 is 6.23. The van der Waals surface area contributed by atoms with Crippen molar-refractivity contribution < 1.29 is 13.5 Å². The maximum atomic E-state index is 12.6. The van der Waals surface area contributed by atoms with E-state index < -0.39 is 12.8 Å². The third-order valence-corrected chi connectivity index (χ3v) is 4.11. The molecular formula is C17H13ClF2N4O. The van der Waals surface area contributed by atoms with E-state index in [9.17, 15) is 8.78 Å². The monoisotopic (exact) mass is 362 g/mol. The number of alkyl halides is 2. The van der Waals surface area contributed by atoms with E-state index >= 15 is 0 Å². The van der Waals surface area contributed by atoms with Gasteiger partial charge in [-0.3, -0.25) is 4.57 Å². The largest absolute Gasteiger partial charge is 0.481 e. The van der Waals surface area contributed by atoms with E-state index in [-0.39, 0.29) is 23.8 Å². The van der Waals surface area contributed by atoms with Crippen LogP contribution in [0.25, 0.3) is 16.9 Å². The Morgan fingerprint density at radius 2 is 2.16 bits per heavy atom. The van der Waals surface area contributed by atoms with E-state index in [1.54, 1.807) is 16.8 Å². The molecule has 0 bridgehead atoms. The standard InChI is InChI=1S/C17H13ClF2N4O/c1-25-16-11(8-14(19)20)9-22-17(23-16)24-7-5-10-2-3-13(18)12(4-6-21)15(10)24/h2-3,5,7,9,14H,4,8H2,1H3. The highest BCUT2D eigenvalue weighted by atomic mass is 35.5. The van der Waals surface area contributed by atoms with Crippen LogP contribution in [0.3, 0.4) is 0 Å². The van der Waals surface area contributed by atoms with Crippen molar-refractivity contribution in [3.8, 4) is 17.9 Å². The first kappa shape index (κ1) is 17.1. The Kier molecular flexibility index (Phi) is 4.81. The number of hydrogen-bond acceptors (Lipinski definition) is 4. The zero-order chi connectivity index (χ0) is 18.0. The number of rotatable bonds is 5. The lowest BCUT2D eigenvalue weighted by molar-refractivity contribution is 0.147. The third-order valence-electron chi connectivity index (χ3n) is 3.75. The second-order valence-electron chi connectivity index (χ2n) is 5.28. The van der Waals surface area contributed by atoms with Gasteiger partial charge in [0.05, 0.1) is 25.1 Å². The van der Waals surface area contributed by atoms with Gasteiger partial charge in [-0.15, -0.1) is 0 Å².